The highest BCUT2D eigenvalue weighted by molar-refractivity contribution is 6.32. The molecule has 0 aliphatic carbocycles. The summed E-state index contributed by atoms with van der Waals surface area (Å²) < 4.78 is 35.8. The topological polar surface area (TPSA) is 100 Å². The van der Waals surface area contributed by atoms with E-state index in [-0.39, 0.29) is 18.6 Å². The van der Waals surface area contributed by atoms with Gasteiger partial charge in [0.25, 0.3) is 0 Å². The smallest absolute Gasteiger partial charge is 0.159 e. The van der Waals surface area contributed by atoms with Crippen LogP contribution in [0.1, 0.15) is 27.9 Å². The molecule has 204 valence electrons. The molecular formula is C31H30ClN5O3. The molecule has 2 aromatic carbocycles. The van der Waals surface area contributed by atoms with Crippen LogP contribution in [-0.2, 0) is 17.8 Å². The molecule has 0 saturated heterocycles. The molecule has 0 fully saturated rings. The van der Waals surface area contributed by atoms with E-state index < -0.39 is 18.3 Å². The first-order valence-corrected chi connectivity index (χ1v) is 12.9. The van der Waals surface area contributed by atoms with Gasteiger partial charge in [-0.2, -0.15) is 5.26 Å². The lowest BCUT2D eigenvalue weighted by atomic mass is 10.0. The first kappa shape index (κ1) is 24.6. The number of hydrogen-bond acceptors (Lipinski definition) is 8. The predicted molar refractivity (Wildman–Crippen MR) is 157 cm³/mol. The highest BCUT2D eigenvalue weighted by Gasteiger charge is 2.16. The normalized spacial score (nSPS) is 12.8. The Morgan fingerprint density at radius 1 is 1.20 bits per heavy atom. The van der Waals surface area contributed by atoms with Gasteiger partial charge in [-0.25, -0.2) is 0 Å². The van der Waals surface area contributed by atoms with Gasteiger partial charge < -0.3 is 19.7 Å². The van der Waals surface area contributed by atoms with Crippen molar-refractivity contribution in [2.45, 2.75) is 20.0 Å². The lowest BCUT2D eigenvalue weighted by Crippen LogP contribution is -2.11. The molecule has 1 N–H and O–H groups in total. The average Bonchev–Trinajstić information content (AvgIpc) is 2.97. The van der Waals surface area contributed by atoms with Gasteiger partial charge >= 0.3 is 0 Å². The summed E-state index contributed by atoms with van der Waals surface area (Å²) in [7, 11) is 3.05. The lowest BCUT2D eigenvalue weighted by molar-refractivity contribution is -0.114. The molecule has 0 bridgehead atoms. The number of pyridine rings is 2. The second kappa shape index (κ2) is 13.6. The van der Waals surface area contributed by atoms with Crippen LogP contribution >= 0.6 is 11.6 Å². The van der Waals surface area contributed by atoms with Crippen LogP contribution in [0.4, 0.5) is 11.4 Å². The molecule has 0 amide bonds. The third-order valence-electron chi connectivity index (χ3n) is 5.68. The zero-order valence-corrected chi connectivity index (χ0v) is 23.1. The summed E-state index contributed by atoms with van der Waals surface area (Å²) in [6, 6.07) is 15.8. The van der Waals surface area contributed by atoms with Crippen molar-refractivity contribution in [2.75, 3.05) is 32.5 Å². The van der Waals surface area contributed by atoms with Crippen molar-refractivity contribution in [1.82, 2.24) is 14.9 Å². The van der Waals surface area contributed by atoms with Gasteiger partial charge in [0.2, 0.25) is 0 Å². The van der Waals surface area contributed by atoms with Crippen LogP contribution in [0, 0.1) is 11.3 Å². The molecule has 0 saturated carbocycles. The van der Waals surface area contributed by atoms with Crippen LogP contribution in [0.15, 0.2) is 73.1 Å². The molecular weight excluding hydrogens is 526 g/mol. The summed E-state index contributed by atoms with van der Waals surface area (Å²) in [5.74, 6) is 0.295. The second-order valence-electron chi connectivity index (χ2n) is 8.86. The Hall–Kier alpha value is -4.45. The average molecular weight is 559 g/mol. The first-order valence-electron chi connectivity index (χ1n) is 14.0. The molecule has 4 rings (SSSR count). The maximum Gasteiger partial charge on any atom is 0.159 e. The van der Waals surface area contributed by atoms with Crippen molar-refractivity contribution >= 4 is 39.7 Å². The summed E-state index contributed by atoms with van der Waals surface area (Å²) >= 11 is 6.52. The first-order chi connectivity index (χ1) is 20.5. The quantitative estimate of drug-likeness (QED) is 0.208. The number of ketones is 1. The van der Waals surface area contributed by atoms with Gasteiger partial charge in [0.05, 0.1) is 35.5 Å². The third kappa shape index (κ3) is 7.35. The van der Waals surface area contributed by atoms with Gasteiger partial charge in [-0.1, -0.05) is 23.7 Å². The Labute approximate surface area is 243 Å². The molecule has 2 heterocycles. The largest absolute Gasteiger partial charge is 0.494 e. The zero-order valence-electron chi connectivity index (χ0n) is 25.4. The summed E-state index contributed by atoms with van der Waals surface area (Å²) in [6.07, 6.45) is 3.90. The number of rotatable bonds is 12. The predicted octanol–water partition coefficient (Wildman–Crippen LogP) is 6.11. The highest BCUT2D eigenvalue weighted by atomic mass is 35.5. The standard InChI is InChI=1S/C31H30ClN5O3/c1-4-39-30-17-28-26(15-21(30)14-25(38)9-7-13-37(2)3)31(22(18-33)19-35-28)36-23-10-11-29(27(32)16-23)40-20-24-8-5-6-12-34-24/h5-12,15-17,19H,4,13-14,20H2,1-3H3,(H,35,36)/b9-7+/i9D,13D2. The number of aromatic nitrogens is 2. The number of nitriles is 1. The van der Waals surface area contributed by atoms with Crippen LogP contribution in [0.3, 0.4) is 0 Å². The van der Waals surface area contributed by atoms with E-state index >= 15 is 0 Å². The van der Waals surface area contributed by atoms with Crippen molar-refractivity contribution < 1.29 is 18.4 Å². The summed E-state index contributed by atoms with van der Waals surface area (Å²) in [5.41, 5.74) is 3.06. The number of hydrogen-bond donors (Lipinski definition) is 1. The number of carbonyl (C=O) groups is 1. The number of nitrogens with one attached hydrogen (secondary N) is 1. The minimum absolute atomic E-state index is 0.214. The lowest BCUT2D eigenvalue weighted by Gasteiger charge is -2.16. The SMILES string of the molecule is [2H]/C(=C\C([2H])([2H])N(C)C)C(=O)Cc1cc2c(Nc3ccc(OCc4ccccn4)c(Cl)c3)c(C#N)cnc2cc1OCC. The van der Waals surface area contributed by atoms with E-state index in [1.165, 1.54) is 25.2 Å². The van der Waals surface area contributed by atoms with Crippen molar-refractivity contribution in [3.8, 4) is 17.6 Å². The molecule has 2 aromatic heterocycles. The Morgan fingerprint density at radius 2 is 2.05 bits per heavy atom. The Morgan fingerprint density at radius 3 is 2.75 bits per heavy atom. The number of likely N-dealkylation sites (N-methyl/N-ethyl adjacent to an activating group) is 1. The number of anilines is 2. The number of halogens is 1. The Bertz CT molecular complexity index is 1710. The van der Waals surface area contributed by atoms with Crippen LogP contribution in [0.5, 0.6) is 11.5 Å². The van der Waals surface area contributed by atoms with Gasteiger partial charge in [0.1, 0.15) is 24.2 Å². The summed E-state index contributed by atoms with van der Waals surface area (Å²) in [5, 5.41) is 14.1. The van der Waals surface area contributed by atoms with E-state index in [2.05, 4.69) is 21.4 Å². The van der Waals surface area contributed by atoms with Gasteiger partial charge in [-0.3, -0.25) is 14.8 Å². The van der Waals surface area contributed by atoms with E-state index in [1.807, 2.05) is 25.1 Å². The van der Waals surface area contributed by atoms with E-state index in [0.717, 1.165) is 11.8 Å². The van der Waals surface area contributed by atoms with Gasteiger partial charge in [0, 0.05) is 50.8 Å². The summed E-state index contributed by atoms with van der Waals surface area (Å²) in [6.45, 7) is 0.416. The fraction of sp³-hybridized carbons (Fsp3) is 0.226. The van der Waals surface area contributed by atoms with Crippen molar-refractivity contribution in [3.05, 3.63) is 94.9 Å². The fourth-order valence-electron chi connectivity index (χ4n) is 3.85. The van der Waals surface area contributed by atoms with Crippen molar-refractivity contribution in [2.24, 2.45) is 0 Å². The van der Waals surface area contributed by atoms with Crippen molar-refractivity contribution in [1.29, 1.82) is 5.26 Å². The highest BCUT2D eigenvalue weighted by Crippen LogP contribution is 2.36. The molecule has 40 heavy (non-hydrogen) atoms. The van der Waals surface area contributed by atoms with Crippen LogP contribution < -0.4 is 14.8 Å². The van der Waals surface area contributed by atoms with E-state index in [0.29, 0.717) is 51.0 Å². The molecule has 8 nitrogen and oxygen atoms in total. The molecule has 0 aliphatic rings. The van der Waals surface area contributed by atoms with Gasteiger partial charge in [-0.05, 0) is 63.5 Å². The minimum Gasteiger partial charge on any atom is -0.494 e. The minimum atomic E-state index is -1.97. The maximum atomic E-state index is 13.0. The van der Waals surface area contributed by atoms with Crippen molar-refractivity contribution in [3.63, 3.8) is 0 Å². The number of carbonyl (C=O) groups excluding carboxylic acids is 1. The molecule has 0 unspecified atom stereocenters. The van der Waals surface area contributed by atoms with Crippen LogP contribution in [-0.4, -0.2) is 47.9 Å². The van der Waals surface area contributed by atoms with E-state index in [1.54, 1.807) is 36.5 Å². The second-order valence-corrected chi connectivity index (χ2v) is 9.27. The molecule has 0 aliphatic heterocycles. The monoisotopic (exact) mass is 558 g/mol. The molecule has 0 atom stereocenters. The number of allylic oxidation sites excluding steroid dienone is 1. The van der Waals surface area contributed by atoms with Gasteiger partial charge in [-0.15, -0.1) is 0 Å². The number of fused-ring (bicyclic) bond motifs is 1. The summed E-state index contributed by atoms with van der Waals surface area (Å²) in [4.78, 5) is 22.9. The number of ether oxygens (including phenoxy) is 2. The molecule has 4 aromatic rings. The van der Waals surface area contributed by atoms with E-state index in [9.17, 15) is 10.1 Å². The Kier molecular flexibility index (Phi) is 8.33. The number of nitrogens with zero attached hydrogens (tertiary/aromatic N) is 4. The van der Waals surface area contributed by atoms with E-state index in [4.69, 9.17) is 25.2 Å². The third-order valence-corrected chi connectivity index (χ3v) is 5.98. The van der Waals surface area contributed by atoms with Gasteiger partial charge in [0.15, 0.2) is 5.78 Å². The fourth-order valence-corrected chi connectivity index (χ4v) is 4.09. The van der Waals surface area contributed by atoms with Crippen LogP contribution in [0.25, 0.3) is 10.9 Å². The molecule has 0 spiro atoms. The van der Waals surface area contributed by atoms with Crippen LogP contribution in [0.2, 0.25) is 5.02 Å². The number of benzene rings is 2. The molecule has 0 radical (unpaired) electrons. The maximum absolute atomic E-state index is 13.0. The Balaban J connectivity index is 1.68. The molecule has 9 heteroatoms. The zero-order chi connectivity index (χ0) is 31.1.